The van der Waals surface area contributed by atoms with Gasteiger partial charge in [0.05, 0.1) is 12.0 Å². The van der Waals surface area contributed by atoms with Crippen molar-refractivity contribution in [3.8, 4) is 11.4 Å². The van der Waals surface area contributed by atoms with Crippen LogP contribution in [0.4, 0.5) is 13.2 Å². The monoisotopic (exact) mass is 443 g/mol. The van der Waals surface area contributed by atoms with E-state index in [0.717, 1.165) is 36.1 Å². The summed E-state index contributed by atoms with van der Waals surface area (Å²) < 4.78 is 44.2. The summed E-state index contributed by atoms with van der Waals surface area (Å²) in [4.78, 5) is 19.0. The van der Waals surface area contributed by atoms with Crippen LogP contribution >= 0.6 is 0 Å². The van der Waals surface area contributed by atoms with Gasteiger partial charge in [0.2, 0.25) is 17.6 Å². The highest BCUT2D eigenvalue weighted by Gasteiger charge is 2.31. The van der Waals surface area contributed by atoms with Gasteiger partial charge >= 0.3 is 6.18 Å². The first kappa shape index (κ1) is 22.0. The van der Waals surface area contributed by atoms with E-state index in [4.69, 9.17) is 4.52 Å². The molecule has 32 heavy (non-hydrogen) atoms. The lowest BCUT2D eigenvalue weighted by Crippen LogP contribution is -2.41. The van der Waals surface area contributed by atoms with Crippen molar-refractivity contribution >= 4 is 5.91 Å². The molecule has 0 aliphatic carbocycles. The summed E-state index contributed by atoms with van der Waals surface area (Å²) in [5.41, 5.74) is 1.61. The average molecular weight is 443 g/mol. The topological polar surface area (TPSA) is 59.2 Å². The molecule has 0 spiro atoms. The van der Waals surface area contributed by atoms with Crippen molar-refractivity contribution in [2.24, 2.45) is 5.92 Å². The molecule has 2 aromatic carbocycles. The SMILES string of the molecule is Cc1ccccc1-c1noc(CC2CCCN(C(=O)Cc3cccc(C(F)(F)F)c3)C2)n1. The molecule has 168 valence electrons. The van der Waals surface area contributed by atoms with E-state index in [0.29, 0.717) is 36.8 Å². The number of carbonyl (C=O) groups is 1. The first-order valence-corrected chi connectivity index (χ1v) is 10.6. The summed E-state index contributed by atoms with van der Waals surface area (Å²) >= 11 is 0. The van der Waals surface area contributed by atoms with Crippen LogP contribution in [0.2, 0.25) is 0 Å². The average Bonchev–Trinajstić information content (AvgIpc) is 3.22. The summed E-state index contributed by atoms with van der Waals surface area (Å²) in [5, 5.41) is 4.09. The van der Waals surface area contributed by atoms with E-state index < -0.39 is 11.7 Å². The zero-order valence-electron chi connectivity index (χ0n) is 17.7. The number of aryl methyl sites for hydroxylation is 1. The number of piperidine rings is 1. The highest BCUT2D eigenvalue weighted by molar-refractivity contribution is 5.79. The number of amides is 1. The molecule has 1 aromatic heterocycles. The molecule has 0 radical (unpaired) electrons. The van der Waals surface area contributed by atoms with Gasteiger partial charge in [-0.25, -0.2) is 0 Å². The highest BCUT2D eigenvalue weighted by atomic mass is 19.4. The third kappa shape index (κ3) is 5.18. The van der Waals surface area contributed by atoms with E-state index in [9.17, 15) is 18.0 Å². The molecular weight excluding hydrogens is 419 g/mol. The summed E-state index contributed by atoms with van der Waals surface area (Å²) in [7, 11) is 0. The molecule has 0 bridgehead atoms. The minimum absolute atomic E-state index is 0.0470. The number of hydrogen-bond acceptors (Lipinski definition) is 4. The van der Waals surface area contributed by atoms with Gasteiger partial charge in [0.1, 0.15) is 0 Å². The lowest BCUT2D eigenvalue weighted by molar-refractivity contribution is -0.138. The van der Waals surface area contributed by atoms with Gasteiger partial charge in [0.25, 0.3) is 0 Å². The molecular formula is C24H24F3N3O2. The first-order chi connectivity index (χ1) is 15.3. The van der Waals surface area contributed by atoms with Crippen LogP contribution in [-0.2, 0) is 23.8 Å². The molecule has 5 nitrogen and oxygen atoms in total. The summed E-state index contributed by atoms with van der Waals surface area (Å²) in [6, 6.07) is 12.8. The van der Waals surface area contributed by atoms with Gasteiger partial charge in [-0.2, -0.15) is 18.2 Å². The molecule has 1 amide bonds. The Labute approximate surface area is 184 Å². The van der Waals surface area contributed by atoms with E-state index in [1.165, 1.54) is 6.07 Å². The summed E-state index contributed by atoms with van der Waals surface area (Å²) in [5.74, 6) is 1.08. The van der Waals surface area contributed by atoms with E-state index in [2.05, 4.69) is 10.1 Å². The third-order valence-corrected chi connectivity index (χ3v) is 5.80. The Morgan fingerprint density at radius 3 is 2.78 bits per heavy atom. The molecule has 1 saturated heterocycles. The van der Waals surface area contributed by atoms with Gasteiger partial charge in [0, 0.05) is 25.1 Å². The van der Waals surface area contributed by atoms with Crippen molar-refractivity contribution in [1.29, 1.82) is 0 Å². The van der Waals surface area contributed by atoms with E-state index in [1.54, 1.807) is 11.0 Å². The molecule has 1 aliphatic heterocycles. The fraction of sp³-hybridized carbons (Fsp3) is 0.375. The Bertz CT molecular complexity index is 1090. The van der Waals surface area contributed by atoms with Crippen LogP contribution in [0, 0.1) is 12.8 Å². The number of aromatic nitrogens is 2. The maximum Gasteiger partial charge on any atom is 0.416 e. The van der Waals surface area contributed by atoms with Crippen LogP contribution in [0.5, 0.6) is 0 Å². The van der Waals surface area contributed by atoms with Gasteiger partial charge in [-0.15, -0.1) is 0 Å². The van der Waals surface area contributed by atoms with E-state index >= 15 is 0 Å². The minimum atomic E-state index is -4.42. The quantitative estimate of drug-likeness (QED) is 0.551. The van der Waals surface area contributed by atoms with E-state index in [1.807, 2.05) is 31.2 Å². The van der Waals surface area contributed by atoms with Crippen LogP contribution in [0.15, 0.2) is 53.1 Å². The lowest BCUT2D eigenvalue weighted by atomic mass is 9.94. The van der Waals surface area contributed by atoms with Gasteiger partial charge in [0.15, 0.2) is 0 Å². The van der Waals surface area contributed by atoms with Gasteiger partial charge in [-0.1, -0.05) is 47.6 Å². The van der Waals surface area contributed by atoms with Crippen LogP contribution in [0.1, 0.15) is 35.4 Å². The fourth-order valence-electron chi connectivity index (χ4n) is 4.12. The molecule has 3 aromatic rings. The molecule has 2 heterocycles. The number of carbonyl (C=O) groups excluding carboxylic acids is 1. The van der Waals surface area contributed by atoms with Crippen LogP contribution in [-0.4, -0.2) is 34.0 Å². The van der Waals surface area contributed by atoms with Crippen LogP contribution in [0.25, 0.3) is 11.4 Å². The van der Waals surface area contributed by atoms with Crippen molar-refractivity contribution in [2.75, 3.05) is 13.1 Å². The lowest BCUT2D eigenvalue weighted by Gasteiger charge is -2.32. The van der Waals surface area contributed by atoms with Gasteiger partial charge in [-0.3, -0.25) is 4.79 Å². The number of hydrogen-bond donors (Lipinski definition) is 0. The molecule has 1 unspecified atom stereocenters. The standard InChI is InChI=1S/C24H24F3N3O2/c1-16-6-2-3-10-20(16)23-28-21(32-29-23)13-18-8-5-11-30(15-18)22(31)14-17-7-4-9-19(12-17)24(25,26)27/h2-4,6-7,9-10,12,18H,5,8,11,13-15H2,1H3. The predicted molar refractivity (Wildman–Crippen MR) is 113 cm³/mol. The number of halogens is 3. The third-order valence-electron chi connectivity index (χ3n) is 5.80. The summed E-state index contributed by atoms with van der Waals surface area (Å²) in [6.07, 6.45) is -2.15. The van der Waals surface area contributed by atoms with Crippen molar-refractivity contribution in [3.05, 3.63) is 71.1 Å². The Morgan fingerprint density at radius 1 is 1.19 bits per heavy atom. The molecule has 0 N–H and O–H groups in total. The molecule has 4 rings (SSSR count). The van der Waals surface area contributed by atoms with Crippen molar-refractivity contribution in [2.45, 2.75) is 38.8 Å². The Balaban J connectivity index is 1.38. The second-order valence-corrected chi connectivity index (χ2v) is 8.25. The first-order valence-electron chi connectivity index (χ1n) is 10.6. The Kier molecular flexibility index (Phi) is 6.30. The van der Waals surface area contributed by atoms with E-state index in [-0.39, 0.29) is 18.2 Å². The maximum atomic E-state index is 12.9. The number of benzene rings is 2. The highest BCUT2D eigenvalue weighted by Crippen LogP contribution is 2.30. The zero-order chi connectivity index (χ0) is 22.7. The maximum absolute atomic E-state index is 12.9. The zero-order valence-corrected chi connectivity index (χ0v) is 17.7. The van der Waals surface area contributed by atoms with Gasteiger partial charge < -0.3 is 9.42 Å². The Hall–Kier alpha value is -3.16. The molecule has 1 fully saturated rings. The number of alkyl halides is 3. The van der Waals surface area contributed by atoms with Crippen molar-refractivity contribution in [3.63, 3.8) is 0 Å². The number of nitrogens with zero attached hydrogens (tertiary/aromatic N) is 3. The van der Waals surface area contributed by atoms with Gasteiger partial charge in [-0.05, 0) is 42.9 Å². The minimum Gasteiger partial charge on any atom is -0.342 e. The number of likely N-dealkylation sites (tertiary alicyclic amines) is 1. The van der Waals surface area contributed by atoms with Crippen molar-refractivity contribution < 1.29 is 22.5 Å². The largest absolute Gasteiger partial charge is 0.416 e. The molecule has 1 atom stereocenters. The van der Waals surface area contributed by atoms with Crippen LogP contribution < -0.4 is 0 Å². The second-order valence-electron chi connectivity index (χ2n) is 8.25. The van der Waals surface area contributed by atoms with Crippen molar-refractivity contribution in [1.82, 2.24) is 15.0 Å². The molecule has 0 saturated carbocycles. The summed E-state index contributed by atoms with van der Waals surface area (Å²) in [6.45, 7) is 3.12. The smallest absolute Gasteiger partial charge is 0.342 e. The fourth-order valence-corrected chi connectivity index (χ4v) is 4.12. The number of rotatable bonds is 5. The normalized spacial score (nSPS) is 16.9. The second kappa shape index (κ2) is 9.14. The predicted octanol–water partition coefficient (Wildman–Crippen LogP) is 5.09. The van der Waals surface area contributed by atoms with Crippen LogP contribution in [0.3, 0.4) is 0 Å². The molecule has 1 aliphatic rings. The molecule has 8 heteroatoms. The Morgan fingerprint density at radius 2 is 2.00 bits per heavy atom.